The first-order valence-corrected chi connectivity index (χ1v) is 8.42. The van der Waals surface area contributed by atoms with Gasteiger partial charge in [-0.1, -0.05) is 34.1 Å². The quantitative estimate of drug-likeness (QED) is 0.844. The van der Waals surface area contributed by atoms with E-state index in [1.165, 1.54) is 11.1 Å². The third-order valence-electron chi connectivity index (χ3n) is 3.86. The minimum absolute atomic E-state index is 0.119. The van der Waals surface area contributed by atoms with Crippen molar-refractivity contribution in [3.63, 3.8) is 0 Å². The number of carbonyl (C=O) groups is 1. The zero-order chi connectivity index (χ0) is 16.2. The Labute approximate surface area is 144 Å². The van der Waals surface area contributed by atoms with E-state index in [1.54, 1.807) is 6.92 Å². The lowest BCUT2D eigenvalue weighted by Crippen LogP contribution is -2.35. The van der Waals surface area contributed by atoms with E-state index in [0.29, 0.717) is 12.3 Å². The van der Waals surface area contributed by atoms with Gasteiger partial charge in [0.05, 0.1) is 0 Å². The summed E-state index contributed by atoms with van der Waals surface area (Å²) in [6.45, 7) is 4.10. The standard InChI is InChI=1S/C18H19BrN2O2/c1-12(23-17-6-4-16(19)5-7-17)18(22)21-9-13-2-3-14-10-20-11-15(14)8-13/h2-8,12,20H,9-11H2,1H3,(H,21,22). The van der Waals surface area contributed by atoms with E-state index in [0.717, 1.165) is 23.1 Å². The average Bonchev–Trinajstić information content (AvgIpc) is 3.02. The number of hydrogen-bond donors (Lipinski definition) is 2. The van der Waals surface area contributed by atoms with Crippen LogP contribution in [0.4, 0.5) is 0 Å². The molecule has 23 heavy (non-hydrogen) atoms. The summed E-state index contributed by atoms with van der Waals surface area (Å²) in [5, 5.41) is 6.25. The van der Waals surface area contributed by atoms with Crippen LogP contribution in [0.15, 0.2) is 46.9 Å². The Hall–Kier alpha value is -1.85. The minimum atomic E-state index is -0.535. The number of carbonyl (C=O) groups excluding carboxylic acids is 1. The normalized spacial score (nSPS) is 14.2. The van der Waals surface area contributed by atoms with Crippen LogP contribution in [0.25, 0.3) is 0 Å². The molecule has 1 aliphatic rings. The molecule has 1 unspecified atom stereocenters. The summed E-state index contributed by atoms with van der Waals surface area (Å²) in [7, 11) is 0. The van der Waals surface area contributed by atoms with Gasteiger partial charge in [-0.2, -0.15) is 0 Å². The number of halogens is 1. The van der Waals surface area contributed by atoms with Gasteiger partial charge in [-0.3, -0.25) is 4.79 Å². The lowest BCUT2D eigenvalue weighted by molar-refractivity contribution is -0.127. The summed E-state index contributed by atoms with van der Waals surface area (Å²) in [5.41, 5.74) is 3.76. The van der Waals surface area contributed by atoms with Crippen molar-refractivity contribution in [2.75, 3.05) is 0 Å². The molecule has 1 amide bonds. The summed E-state index contributed by atoms with van der Waals surface area (Å²) < 4.78 is 6.63. The van der Waals surface area contributed by atoms with Gasteiger partial charge in [0.1, 0.15) is 5.75 Å². The topological polar surface area (TPSA) is 50.4 Å². The molecule has 1 atom stereocenters. The summed E-state index contributed by atoms with van der Waals surface area (Å²) >= 11 is 3.37. The summed E-state index contributed by atoms with van der Waals surface area (Å²) in [5.74, 6) is 0.561. The Balaban J connectivity index is 1.53. The Bertz CT molecular complexity index is 701. The van der Waals surface area contributed by atoms with Crippen molar-refractivity contribution in [1.82, 2.24) is 10.6 Å². The molecule has 2 aromatic carbocycles. The first kappa shape index (κ1) is 16.0. The molecule has 0 bridgehead atoms. The molecule has 0 fully saturated rings. The highest BCUT2D eigenvalue weighted by molar-refractivity contribution is 9.10. The first-order chi connectivity index (χ1) is 11.1. The van der Waals surface area contributed by atoms with Gasteiger partial charge < -0.3 is 15.4 Å². The third-order valence-corrected chi connectivity index (χ3v) is 4.39. The van der Waals surface area contributed by atoms with Crippen LogP contribution in [0, 0.1) is 0 Å². The number of hydrogen-bond acceptors (Lipinski definition) is 3. The highest BCUT2D eigenvalue weighted by atomic mass is 79.9. The third kappa shape index (κ3) is 4.12. The molecule has 0 saturated carbocycles. The van der Waals surface area contributed by atoms with Crippen LogP contribution in [0.1, 0.15) is 23.6 Å². The Morgan fingerprint density at radius 3 is 2.74 bits per heavy atom. The molecule has 0 aromatic heterocycles. The molecular formula is C18H19BrN2O2. The predicted octanol–water partition coefficient (Wildman–Crippen LogP) is 3.14. The van der Waals surface area contributed by atoms with Crippen LogP contribution in [0.3, 0.4) is 0 Å². The maximum Gasteiger partial charge on any atom is 0.261 e. The van der Waals surface area contributed by atoms with Crippen LogP contribution in [-0.2, 0) is 24.4 Å². The largest absolute Gasteiger partial charge is 0.481 e. The molecule has 3 rings (SSSR count). The zero-order valence-corrected chi connectivity index (χ0v) is 14.5. The van der Waals surface area contributed by atoms with Gasteiger partial charge in [0, 0.05) is 24.1 Å². The molecule has 120 valence electrons. The van der Waals surface area contributed by atoms with E-state index in [-0.39, 0.29) is 5.91 Å². The van der Waals surface area contributed by atoms with Crippen molar-refractivity contribution < 1.29 is 9.53 Å². The fourth-order valence-corrected chi connectivity index (χ4v) is 2.83. The SMILES string of the molecule is CC(Oc1ccc(Br)cc1)C(=O)NCc1ccc2c(c1)CNC2. The highest BCUT2D eigenvalue weighted by Gasteiger charge is 2.15. The summed E-state index contributed by atoms with van der Waals surface area (Å²) in [4.78, 5) is 12.2. The maximum absolute atomic E-state index is 12.2. The van der Waals surface area contributed by atoms with Crippen molar-refractivity contribution in [3.05, 3.63) is 63.6 Å². The van der Waals surface area contributed by atoms with Crippen LogP contribution in [0.5, 0.6) is 5.75 Å². The lowest BCUT2D eigenvalue weighted by atomic mass is 10.1. The Morgan fingerprint density at radius 1 is 1.22 bits per heavy atom. The molecule has 0 spiro atoms. The molecular weight excluding hydrogens is 356 g/mol. The van der Waals surface area contributed by atoms with Gasteiger partial charge in [0.15, 0.2) is 6.10 Å². The smallest absolute Gasteiger partial charge is 0.261 e. The molecule has 0 aliphatic carbocycles. The van der Waals surface area contributed by atoms with Crippen molar-refractivity contribution in [3.8, 4) is 5.75 Å². The fraction of sp³-hybridized carbons (Fsp3) is 0.278. The Kier molecular flexibility index (Phi) is 4.98. The molecule has 1 heterocycles. The number of fused-ring (bicyclic) bond motifs is 1. The molecule has 0 saturated heterocycles. The summed E-state index contributed by atoms with van der Waals surface area (Å²) in [6.07, 6.45) is -0.535. The van der Waals surface area contributed by atoms with Crippen molar-refractivity contribution in [2.24, 2.45) is 0 Å². The predicted molar refractivity (Wildman–Crippen MR) is 93.1 cm³/mol. The highest BCUT2D eigenvalue weighted by Crippen LogP contribution is 2.18. The van der Waals surface area contributed by atoms with Crippen molar-refractivity contribution >= 4 is 21.8 Å². The van der Waals surface area contributed by atoms with E-state index < -0.39 is 6.10 Å². The number of ether oxygens (including phenoxy) is 1. The van der Waals surface area contributed by atoms with Crippen LogP contribution in [-0.4, -0.2) is 12.0 Å². The number of rotatable bonds is 5. The second kappa shape index (κ2) is 7.15. The van der Waals surface area contributed by atoms with Gasteiger partial charge in [-0.05, 0) is 47.9 Å². The van der Waals surface area contributed by atoms with E-state index in [2.05, 4.69) is 44.8 Å². The van der Waals surface area contributed by atoms with Crippen LogP contribution < -0.4 is 15.4 Å². The van der Waals surface area contributed by atoms with E-state index in [4.69, 9.17) is 4.74 Å². The second-order valence-corrected chi connectivity index (χ2v) is 6.55. The van der Waals surface area contributed by atoms with Crippen molar-refractivity contribution in [1.29, 1.82) is 0 Å². The van der Waals surface area contributed by atoms with Gasteiger partial charge in [0.2, 0.25) is 0 Å². The molecule has 5 heteroatoms. The first-order valence-electron chi connectivity index (χ1n) is 7.63. The lowest BCUT2D eigenvalue weighted by Gasteiger charge is -2.15. The summed E-state index contributed by atoms with van der Waals surface area (Å²) in [6, 6.07) is 13.8. The number of benzene rings is 2. The van der Waals surface area contributed by atoms with E-state index in [9.17, 15) is 4.79 Å². The Morgan fingerprint density at radius 2 is 1.96 bits per heavy atom. The van der Waals surface area contributed by atoms with E-state index in [1.807, 2.05) is 24.3 Å². The fourth-order valence-electron chi connectivity index (χ4n) is 2.56. The second-order valence-electron chi connectivity index (χ2n) is 5.64. The molecule has 2 aromatic rings. The van der Waals surface area contributed by atoms with Crippen molar-refractivity contribution in [2.45, 2.75) is 32.7 Å². The van der Waals surface area contributed by atoms with E-state index >= 15 is 0 Å². The minimum Gasteiger partial charge on any atom is -0.481 e. The molecule has 2 N–H and O–H groups in total. The average molecular weight is 375 g/mol. The number of nitrogens with one attached hydrogen (secondary N) is 2. The van der Waals surface area contributed by atoms with Gasteiger partial charge in [0.25, 0.3) is 5.91 Å². The van der Waals surface area contributed by atoms with Gasteiger partial charge in [-0.15, -0.1) is 0 Å². The zero-order valence-electron chi connectivity index (χ0n) is 12.9. The maximum atomic E-state index is 12.2. The van der Waals surface area contributed by atoms with Crippen LogP contribution in [0.2, 0.25) is 0 Å². The van der Waals surface area contributed by atoms with Gasteiger partial charge >= 0.3 is 0 Å². The molecule has 1 aliphatic heterocycles. The monoisotopic (exact) mass is 374 g/mol. The van der Waals surface area contributed by atoms with Gasteiger partial charge in [-0.25, -0.2) is 0 Å². The molecule has 0 radical (unpaired) electrons. The van der Waals surface area contributed by atoms with Crippen LogP contribution >= 0.6 is 15.9 Å². The number of amides is 1. The molecule has 4 nitrogen and oxygen atoms in total.